The van der Waals surface area contributed by atoms with Crippen molar-refractivity contribution in [1.82, 2.24) is 9.88 Å². The van der Waals surface area contributed by atoms with Crippen molar-refractivity contribution in [3.63, 3.8) is 0 Å². The lowest BCUT2D eigenvalue weighted by Crippen LogP contribution is -2.43. The van der Waals surface area contributed by atoms with Gasteiger partial charge in [0.15, 0.2) is 11.6 Å². The van der Waals surface area contributed by atoms with Crippen molar-refractivity contribution in [2.75, 3.05) is 5.32 Å². The standard InChI is InChI=1S/C29H30F2N4O5/c1-2-7-21(12-14-26(32)36)33-27(37)25(17-20-11-13-22(30)23(31)16-20)35-15-6-10-24(28(35)38)34-29(39)40-18-19-8-4-3-5-9-19/h2-11,13,15-16,21,25H,12,14,17-18H2,1H3,(H2,32,36)(H,33,37)(H,34,39)/b7-2+/t21-,25+/m1/s1. The monoisotopic (exact) mass is 552 g/mol. The average Bonchev–Trinajstić information content (AvgIpc) is 2.93. The van der Waals surface area contributed by atoms with E-state index >= 15 is 0 Å². The molecule has 2 aromatic carbocycles. The van der Waals surface area contributed by atoms with Crippen molar-refractivity contribution < 1.29 is 27.9 Å². The van der Waals surface area contributed by atoms with E-state index in [-0.39, 0.29) is 37.1 Å². The van der Waals surface area contributed by atoms with E-state index < -0.39 is 47.2 Å². The first kappa shape index (κ1) is 29.8. The van der Waals surface area contributed by atoms with Crippen LogP contribution in [0.4, 0.5) is 19.3 Å². The van der Waals surface area contributed by atoms with E-state index in [4.69, 9.17) is 10.5 Å². The first-order valence-electron chi connectivity index (χ1n) is 12.5. The number of carbonyl (C=O) groups is 3. The minimum absolute atomic E-state index is 0.00751. The van der Waals surface area contributed by atoms with E-state index in [1.807, 2.05) is 6.07 Å². The molecular weight excluding hydrogens is 522 g/mol. The van der Waals surface area contributed by atoms with Crippen LogP contribution in [0.3, 0.4) is 0 Å². The van der Waals surface area contributed by atoms with Crippen LogP contribution in [0.5, 0.6) is 0 Å². The summed E-state index contributed by atoms with van der Waals surface area (Å²) in [5, 5.41) is 5.16. The molecule has 3 rings (SSSR count). The highest BCUT2D eigenvalue weighted by molar-refractivity contribution is 5.85. The summed E-state index contributed by atoms with van der Waals surface area (Å²) >= 11 is 0. The molecule has 1 aromatic heterocycles. The lowest BCUT2D eigenvalue weighted by Gasteiger charge is -2.23. The van der Waals surface area contributed by atoms with Crippen molar-refractivity contribution in [2.24, 2.45) is 5.73 Å². The van der Waals surface area contributed by atoms with Crippen LogP contribution < -0.4 is 21.9 Å². The molecule has 40 heavy (non-hydrogen) atoms. The number of nitrogens with two attached hydrogens (primary N) is 1. The second-order valence-corrected chi connectivity index (χ2v) is 8.94. The highest BCUT2D eigenvalue weighted by Gasteiger charge is 2.25. The summed E-state index contributed by atoms with van der Waals surface area (Å²) in [6.45, 7) is 1.71. The number of benzene rings is 2. The van der Waals surface area contributed by atoms with Gasteiger partial charge in [0.2, 0.25) is 11.8 Å². The van der Waals surface area contributed by atoms with E-state index in [0.29, 0.717) is 0 Å². The Morgan fingerprint density at radius 3 is 2.45 bits per heavy atom. The number of halogens is 2. The molecule has 3 aromatic rings. The normalized spacial score (nSPS) is 12.5. The second-order valence-electron chi connectivity index (χ2n) is 8.94. The highest BCUT2D eigenvalue weighted by Crippen LogP contribution is 2.18. The van der Waals surface area contributed by atoms with Crippen LogP contribution in [0.2, 0.25) is 0 Å². The quantitative estimate of drug-likeness (QED) is 0.293. The fourth-order valence-corrected chi connectivity index (χ4v) is 3.95. The van der Waals surface area contributed by atoms with Crippen LogP contribution in [0.1, 0.15) is 36.9 Å². The Balaban J connectivity index is 1.88. The Morgan fingerprint density at radius 2 is 1.77 bits per heavy atom. The van der Waals surface area contributed by atoms with Gasteiger partial charge in [-0.1, -0.05) is 48.6 Å². The molecule has 11 heteroatoms. The molecule has 0 fully saturated rings. The van der Waals surface area contributed by atoms with Crippen molar-refractivity contribution >= 4 is 23.6 Å². The number of rotatable bonds is 12. The van der Waals surface area contributed by atoms with Gasteiger partial charge in [0, 0.05) is 25.1 Å². The lowest BCUT2D eigenvalue weighted by molar-refractivity contribution is -0.125. The van der Waals surface area contributed by atoms with Gasteiger partial charge in [-0.15, -0.1) is 0 Å². The Labute approximate surface area is 229 Å². The molecule has 0 radical (unpaired) electrons. The molecular formula is C29H30F2N4O5. The molecule has 0 saturated carbocycles. The number of allylic oxidation sites excluding steroid dienone is 1. The molecule has 4 N–H and O–H groups in total. The third-order valence-electron chi connectivity index (χ3n) is 5.93. The van der Waals surface area contributed by atoms with Crippen LogP contribution >= 0.6 is 0 Å². The number of pyridine rings is 1. The number of primary amides is 1. The molecule has 2 atom stereocenters. The van der Waals surface area contributed by atoms with E-state index in [9.17, 15) is 28.0 Å². The molecule has 0 bridgehead atoms. The number of anilines is 1. The predicted octanol–water partition coefficient (Wildman–Crippen LogP) is 3.99. The third-order valence-corrected chi connectivity index (χ3v) is 5.93. The predicted molar refractivity (Wildman–Crippen MR) is 145 cm³/mol. The van der Waals surface area contributed by atoms with E-state index in [0.717, 1.165) is 22.3 Å². The van der Waals surface area contributed by atoms with Crippen molar-refractivity contribution in [1.29, 1.82) is 0 Å². The smallest absolute Gasteiger partial charge is 0.412 e. The number of amides is 3. The Morgan fingerprint density at radius 1 is 1.02 bits per heavy atom. The van der Waals surface area contributed by atoms with Gasteiger partial charge >= 0.3 is 6.09 Å². The zero-order valence-electron chi connectivity index (χ0n) is 21.8. The number of aromatic nitrogens is 1. The molecule has 9 nitrogen and oxygen atoms in total. The SMILES string of the molecule is C/C=C/[C@H](CCC(N)=O)NC(=O)[C@H](Cc1ccc(F)c(F)c1)n1cccc(NC(=O)OCc2ccccc2)c1=O. The molecule has 0 aliphatic rings. The Kier molecular flexibility index (Phi) is 10.7. The second kappa shape index (κ2) is 14.4. The largest absolute Gasteiger partial charge is 0.444 e. The van der Waals surface area contributed by atoms with Crippen molar-refractivity contribution in [3.05, 3.63) is 112 Å². The zero-order valence-corrected chi connectivity index (χ0v) is 21.8. The number of nitrogens with zero attached hydrogens (tertiary/aromatic N) is 1. The fourth-order valence-electron chi connectivity index (χ4n) is 3.95. The summed E-state index contributed by atoms with van der Waals surface area (Å²) in [6.07, 6.45) is 3.87. The molecule has 0 spiro atoms. The number of hydrogen-bond donors (Lipinski definition) is 3. The summed E-state index contributed by atoms with van der Waals surface area (Å²) in [7, 11) is 0. The fraction of sp³-hybridized carbons (Fsp3) is 0.241. The van der Waals surface area contributed by atoms with Gasteiger partial charge in [0.1, 0.15) is 18.3 Å². The van der Waals surface area contributed by atoms with Crippen LogP contribution in [0.25, 0.3) is 0 Å². The first-order valence-corrected chi connectivity index (χ1v) is 12.5. The van der Waals surface area contributed by atoms with Crippen molar-refractivity contribution in [3.8, 4) is 0 Å². The van der Waals surface area contributed by atoms with Crippen molar-refractivity contribution in [2.45, 2.75) is 44.9 Å². The molecule has 210 valence electrons. The number of hydrogen-bond acceptors (Lipinski definition) is 5. The molecule has 1 heterocycles. The van der Waals surface area contributed by atoms with Gasteiger partial charge in [-0.3, -0.25) is 19.7 Å². The van der Waals surface area contributed by atoms with Gasteiger partial charge in [-0.2, -0.15) is 0 Å². The van der Waals surface area contributed by atoms with Gasteiger partial charge in [0.05, 0.1) is 0 Å². The average molecular weight is 553 g/mol. The molecule has 0 saturated heterocycles. The molecule has 0 aliphatic heterocycles. The molecule has 0 unspecified atom stereocenters. The summed E-state index contributed by atoms with van der Waals surface area (Å²) in [5.74, 6) is -3.32. The minimum atomic E-state index is -1.22. The van der Waals surface area contributed by atoms with E-state index in [1.54, 1.807) is 43.3 Å². The Bertz CT molecular complexity index is 1430. The maximum atomic E-state index is 13.9. The minimum Gasteiger partial charge on any atom is -0.444 e. The molecule has 0 aliphatic carbocycles. The zero-order chi connectivity index (χ0) is 29.1. The van der Waals surface area contributed by atoms with Gasteiger partial charge in [0.25, 0.3) is 5.56 Å². The summed E-state index contributed by atoms with van der Waals surface area (Å²) < 4.78 is 33.7. The molecule has 3 amide bonds. The van der Waals surface area contributed by atoms with Gasteiger partial charge < -0.3 is 20.4 Å². The van der Waals surface area contributed by atoms with Crippen LogP contribution in [-0.4, -0.2) is 28.5 Å². The summed E-state index contributed by atoms with van der Waals surface area (Å²) in [4.78, 5) is 50.5. The maximum Gasteiger partial charge on any atom is 0.412 e. The van der Waals surface area contributed by atoms with Crippen LogP contribution in [0.15, 0.2) is 83.8 Å². The van der Waals surface area contributed by atoms with Gasteiger partial charge in [-0.05, 0) is 48.7 Å². The number of carbonyl (C=O) groups excluding carboxylic acids is 3. The third kappa shape index (κ3) is 8.62. The van der Waals surface area contributed by atoms with Gasteiger partial charge in [-0.25, -0.2) is 13.6 Å². The maximum absolute atomic E-state index is 13.9. The van der Waals surface area contributed by atoms with E-state index in [2.05, 4.69) is 10.6 Å². The summed E-state index contributed by atoms with van der Waals surface area (Å²) in [5.41, 5.74) is 5.38. The highest BCUT2D eigenvalue weighted by atomic mass is 19.2. The lowest BCUT2D eigenvalue weighted by atomic mass is 10.0. The topological polar surface area (TPSA) is 133 Å². The van der Waals surface area contributed by atoms with E-state index in [1.165, 1.54) is 24.4 Å². The number of nitrogens with one attached hydrogen (secondary N) is 2. The number of ether oxygens (including phenoxy) is 1. The Hall–Kier alpha value is -4.80. The van der Waals surface area contributed by atoms with Crippen LogP contribution in [-0.2, 0) is 27.4 Å². The summed E-state index contributed by atoms with van der Waals surface area (Å²) in [6, 6.07) is 13.1. The first-order chi connectivity index (χ1) is 19.2. The van der Waals surface area contributed by atoms with Crippen LogP contribution in [0, 0.1) is 11.6 Å².